The normalized spacial score (nSPS) is 10.9. The van der Waals surface area contributed by atoms with Crippen LogP contribution in [0.15, 0.2) is 56.1 Å². The zero-order chi connectivity index (χ0) is 14.3. The molecule has 100 valence electrons. The highest BCUT2D eigenvalue weighted by atomic mass is 79.9. The predicted octanol–water partition coefficient (Wildman–Crippen LogP) is 4.46. The van der Waals surface area contributed by atoms with Crippen molar-refractivity contribution >= 4 is 44.2 Å². The molecule has 0 aliphatic rings. The summed E-state index contributed by atoms with van der Waals surface area (Å²) >= 11 is 9.48. The summed E-state index contributed by atoms with van der Waals surface area (Å²) in [7, 11) is 0. The summed E-state index contributed by atoms with van der Waals surface area (Å²) in [6.07, 6.45) is 0. The number of nitrogens with two attached hydrogens (primary N) is 1. The van der Waals surface area contributed by atoms with Crippen molar-refractivity contribution in [2.24, 2.45) is 0 Å². The molecule has 2 aromatic carbocycles. The van der Waals surface area contributed by atoms with Crippen LogP contribution in [0.1, 0.15) is 0 Å². The summed E-state index contributed by atoms with van der Waals surface area (Å²) in [6.45, 7) is 0. The molecule has 3 aromatic rings. The van der Waals surface area contributed by atoms with Crippen molar-refractivity contribution in [2.45, 2.75) is 0 Å². The van der Waals surface area contributed by atoms with Crippen molar-refractivity contribution in [3.05, 3.63) is 62.2 Å². The lowest BCUT2D eigenvalue weighted by Gasteiger charge is -2.06. The van der Waals surface area contributed by atoms with Gasteiger partial charge in [0.25, 0.3) is 0 Å². The van der Waals surface area contributed by atoms with Crippen molar-refractivity contribution in [1.82, 2.24) is 0 Å². The van der Waals surface area contributed by atoms with Gasteiger partial charge in [0.05, 0.1) is 10.4 Å². The van der Waals surface area contributed by atoms with E-state index in [2.05, 4.69) is 15.9 Å². The lowest BCUT2D eigenvalue weighted by molar-refractivity contribution is 0.619. The maximum atomic E-state index is 12.2. The third kappa shape index (κ3) is 2.32. The molecule has 0 saturated carbocycles. The summed E-state index contributed by atoms with van der Waals surface area (Å²) in [5.74, 6) is 0.426. The smallest absolute Gasteiger partial charge is 0.193 e. The molecule has 0 bridgehead atoms. The largest absolute Gasteiger partial charge is 0.456 e. The zero-order valence-electron chi connectivity index (χ0n) is 10.2. The number of nitrogen functional groups attached to an aromatic ring is 1. The average Bonchev–Trinajstić information content (AvgIpc) is 2.39. The van der Waals surface area contributed by atoms with E-state index in [1.165, 1.54) is 6.07 Å². The van der Waals surface area contributed by atoms with Gasteiger partial charge in [-0.3, -0.25) is 4.79 Å². The fraction of sp³-hybridized carbons (Fsp3) is 0. The molecule has 0 spiro atoms. The second kappa shape index (κ2) is 4.96. The molecular weight excluding hydrogens is 342 g/mol. The number of benzene rings is 2. The van der Waals surface area contributed by atoms with Gasteiger partial charge in [0, 0.05) is 21.8 Å². The molecule has 1 heterocycles. The van der Waals surface area contributed by atoms with Crippen LogP contribution >= 0.6 is 27.5 Å². The molecule has 20 heavy (non-hydrogen) atoms. The van der Waals surface area contributed by atoms with E-state index in [4.69, 9.17) is 21.8 Å². The number of hydrogen-bond acceptors (Lipinski definition) is 3. The van der Waals surface area contributed by atoms with E-state index in [0.29, 0.717) is 33.0 Å². The first-order chi connectivity index (χ1) is 9.54. The predicted molar refractivity (Wildman–Crippen MR) is 85.0 cm³/mol. The van der Waals surface area contributed by atoms with Gasteiger partial charge >= 0.3 is 0 Å². The minimum atomic E-state index is -0.115. The SMILES string of the molecule is Nc1ccc(-c2cc(=O)c3cc(Br)ccc3o2)c(Cl)c1. The van der Waals surface area contributed by atoms with Crippen LogP contribution in [0, 0.1) is 0 Å². The van der Waals surface area contributed by atoms with Crippen molar-refractivity contribution < 1.29 is 4.42 Å². The summed E-state index contributed by atoms with van der Waals surface area (Å²) < 4.78 is 6.59. The van der Waals surface area contributed by atoms with Gasteiger partial charge in [-0.05, 0) is 36.4 Å². The minimum absolute atomic E-state index is 0.115. The Balaban J connectivity index is 2.27. The van der Waals surface area contributed by atoms with Gasteiger partial charge in [-0.2, -0.15) is 0 Å². The van der Waals surface area contributed by atoms with Crippen molar-refractivity contribution in [3.63, 3.8) is 0 Å². The minimum Gasteiger partial charge on any atom is -0.456 e. The molecular formula is C15H9BrClNO2. The molecule has 2 N–H and O–H groups in total. The Bertz CT molecular complexity index is 873. The lowest BCUT2D eigenvalue weighted by atomic mass is 10.1. The third-order valence-corrected chi connectivity index (χ3v) is 3.75. The summed E-state index contributed by atoms with van der Waals surface area (Å²) in [4.78, 5) is 12.2. The van der Waals surface area contributed by atoms with Crippen molar-refractivity contribution in [3.8, 4) is 11.3 Å². The van der Waals surface area contributed by atoms with Crippen molar-refractivity contribution in [2.75, 3.05) is 5.73 Å². The third-order valence-electron chi connectivity index (χ3n) is 2.95. The van der Waals surface area contributed by atoms with E-state index in [0.717, 1.165) is 4.47 Å². The second-order valence-electron chi connectivity index (χ2n) is 4.35. The average molecular weight is 351 g/mol. The van der Waals surface area contributed by atoms with Crippen LogP contribution in [-0.4, -0.2) is 0 Å². The molecule has 0 fully saturated rings. The molecule has 0 amide bonds. The molecule has 0 unspecified atom stereocenters. The van der Waals surface area contributed by atoms with E-state index in [9.17, 15) is 4.79 Å². The van der Waals surface area contributed by atoms with Crippen LogP contribution in [0.2, 0.25) is 5.02 Å². The Labute approximate surface area is 128 Å². The highest BCUT2D eigenvalue weighted by Gasteiger charge is 2.10. The summed E-state index contributed by atoms with van der Waals surface area (Å²) in [5.41, 5.74) is 7.26. The highest BCUT2D eigenvalue weighted by molar-refractivity contribution is 9.10. The molecule has 0 aliphatic carbocycles. The first-order valence-corrected chi connectivity index (χ1v) is 7.00. The fourth-order valence-electron chi connectivity index (χ4n) is 1.99. The summed E-state index contributed by atoms with van der Waals surface area (Å²) in [6, 6.07) is 11.8. The number of hydrogen-bond donors (Lipinski definition) is 1. The zero-order valence-corrected chi connectivity index (χ0v) is 12.5. The van der Waals surface area contributed by atoms with Crippen LogP contribution in [0.5, 0.6) is 0 Å². The fourth-order valence-corrected chi connectivity index (χ4v) is 2.64. The van der Waals surface area contributed by atoms with Gasteiger partial charge in [-0.1, -0.05) is 27.5 Å². The van der Waals surface area contributed by atoms with Crippen LogP contribution in [0.25, 0.3) is 22.3 Å². The van der Waals surface area contributed by atoms with Crippen LogP contribution in [0.4, 0.5) is 5.69 Å². The maximum absolute atomic E-state index is 12.2. The summed E-state index contributed by atoms with van der Waals surface area (Å²) in [5, 5.41) is 0.972. The van der Waals surface area contributed by atoms with Crippen LogP contribution in [0.3, 0.4) is 0 Å². The number of halogens is 2. The van der Waals surface area contributed by atoms with E-state index >= 15 is 0 Å². The Morgan fingerprint density at radius 3 is 2.65 bits per heavy atom. The molecule has 0 saturated heterocycles. The molecule has 0 atom stereocenters. The van der Waals surface area contributed by atoms with Gasteiger partial charge in [0.2, 0.25) is 0 Å². The van der Waals surface area contributed by atoms with Gasteiger partial charge in [0.1, 0.15) is 11.3 Å². The molecule has 3 rings (SSSR count). The van der Waals surface area contributed by atoms with E-state index in [1.807, 2.05) is 6.07 Å². The topological polar surface area (TPSA) is 56.2 Å². The van der Waals surface area contributed by atoms with E-state index < -0.39 is 0 Å². The van der Waals surface area contributed by atoms with Gasteiger partial charge in [0.15, 0.2) is 5.43 Å². The van der Waals surface area contributed by atoms with E-state index in [-0.39, 0.29) is 5.43 Å². The van der Waals surface area contributed by atoms with Gasteiger partial charge < -0.3 is 10.2 Å². The van der Waals surface area contributed by atoms with Crippen LogP contribution < -0.4 is 11.2 Å². The highest BCUT2D eigenvalue weighted by Crippen LogP contribution is 2.30. The quantitative estimate of drug-likeness (QED) is 0.659. The second-order valence-corrected chi connectivity index (χ2v) is 5.68. The Hall–Kier alpha value is -1.78. The number of fused-ring (bicyclic) bond motifs is 1. The standard InChI is InChI=1S/C15H9BrClNO2/c16-8-1-4-14-11(5-8)13(19)7-15(20-14)10-3-2-9(18)6-12(10)17/h1-7H,18H2. The Kier molecular flexibility index (Phi) is 3.28. The monoisotopic (exact) mass is 349 g/mol. The van der Waals surface area contributed by atoms with Crippen molar-refractivity contribution in [1.29, 1.82) is 0 Å². The molecule has 5 heteroatoms. The lowest BCUT2D eigenvalue weighted by Crippen LogP contribution is -2.00. The van der Waals surface area contributed by atoms with E-state index in [1.54, 1.807) is 30.3 Å². The molecule has 0 radical (unpaired) electrons. The van der Waals surface area contributed by atoms with Gasteiger partial charge in [-0.25, -0.2) is 0 Å². The Morgan fingerprint density at radius 1 is 1.10 bits per heavy atom. The number of anilines is 1. The van der Waals surface area contributed by atoms with Crippen LogP contribution in [-0.2, 0) is 0 Å². The maximum Gasteiger partial charge on any atom is 0.193 e. The number of rotatable bonds is 1. The Morgan fingerprint density at radius 2 is 1.90 bits per heavy atom. The first kappa shape index (κ1) is 13.2. The first-order valence-electron chi connectivity index (χ1n) is 5.83. The van der Waals surface area contributed by atoms with Gasteiger partial charge in [-0.15, -0.1) is 0 Å². The molecule has 1 aromatic heterocycles. The molecule has 3 nitrogen and oxygen atoms in total. The molecule has 0 aliphatic heterocycles.